The first-order valence-electron chi connectivity index (χ1n) is 10.9. The van der Waals surface area contributed by atoms with Crippen molar-refractivity contribution in [3.8, 4) is 17.2 Å². The number of nitrogens with zero attached hydrogens (tertiary/aromatic N) is 3. The van der Waals surface area contributed by atoms with E-state index >= 15 is 0 Å². The molecule has 0 aromatic heterocycles. The lowest BCUT2D eigenvalue weighted by molar-refractivity contribution is 0.185. The van der Waals surface area contributed by atoms with Crippen LogP contribution >= 0.6 is 0 Å². The number of anilines is 1. The summed E-state index contributed by atoms with van der Waals surface area (Å²) in [6.07, 6.45) is -0.762. The first-order valence-corrected chi connectivity index (χ1v) is 10.9. The number of rotatable bonds is 8. The van der Waals surface area contributed by atoms with Crippen LogP contribution in [0.1, 0.15) is 18.6 Å². The molecule has 1 heterocycles. The molecule has 2 N–H and O–H groups in total. The molecule has 1 saturated heterocycles. The van der Waals surface area contributed by atoms with Crippen LogP contribution in [0.15, 0.2) is 47.5 Å². The van der Waals surface area contributed by atoms with Crippen molar-refractivity contribution in [1.82, 2.24) is 10.2 Å². The van der Waals surface area contributed by atoms with E-state index in [9.17, 15) is 5.11 Å². The average Bonchev–Trinajstić information content (AvgIpc) is 2.86. The summed E-state index contributed by atoms with van der Waals surface area (Å²) in [5, 5.41) is 14.1. The summed E-state index contributed by atoms with van der Waals surface area (Å²) >= 11 is 0. The number of aliphatic imine (C=N–C) groups is 1. The van der Waals surface area contributed by atoms with Gasteiger partial charge >= 0.3 is 0 Å². The summed E-state index contributed by atoms with van der Waals surface area (Å²) < 4.78 is 16.1. The van der Waals surface area contributed by atoms with Gasteiger partial charge in [0.05, 0.1) is 39.7 Å². The minimum absolute atomic E-state index is 0.241. The number of hydrogen-bond donors (Lipinski definition) is 2. The summed E-state index contributed by atoms with van der Waals surface area (Å²) in [4.78, 5) is 9.27. The Morgan fingerprint density at radius 1 is 1.00 bits per heavy atom. The van der Waals surface area contributed by atoms with Gasteiger partial charge in [-0.05, 0) is 36.8 Å². The van der Waals surface area contributed by atoms with Gasteiger partial charge in [0, 0.05) is 38.8 Å². The van der Waals surface area contributed by atoms with Crippen LogP contribution in [0.4, 0.5) is 5.69 Å². The second-order valence-corrected chi connectivity index (χ2v) is 7.50. The predicted octanol–water partition coefficient (Wildman–Crippen LogP) is 2.53. The highest BCUT2D eigenvalue weighted by atomic mass is 16.5. The maximum atomic E-state index is 10.7. The van der Waals surface area contributed by atoms with E-state index in [1.807, 2.05) is 37.3 Å². The Balaban J connectivity index is 1.66. The fourth-order valence-corrected chi connectivity index (χ4v) is 3.78. The number of guanidine groups is 1. The fourth-order valence-electron chi connectivity index (χ4n) is 3.78. The second-order valence-electron chi connectivity index (χ2n) is 7.50. The molecular weight excluding hydrogens is 408 g/mol. The Morgan fingerprint density at radius 2 is 1.66 bits per heavy atom. The Kier molecular flexibility index (Phi) is 8.44. The van der Waals surface area contributed by atoms with Gasteiger partial charge in [0.1, 0.15) is 17.2 Å². The summed E-state index contributed by atoms with van der Waals surface area (Å²) in [6.45, 7) is 6.42. The molecule has 32 heavy (non-hydrogen) atoms. The second kappa shape index (κ2) is 11.5. The topological polar surface area (TPSA) is 78.8 Å². The van der Waals surface area contributed by atoms with Crippen molar-refractivity contribution >= 4 is 11.6 Å². The molecule has 0 radical (unpaired) electrons. The van der Waals surface area contributed by atoms with E-state index in [1.54, 1.807) is 27.4 Å². The number of nitrogens with one attached hydrogen (secondary N) is 1. The largest absolute Gasteiger partial charge is 0.497 e. The van der Waals surface area contributed by atoms with Crippen LogP contribution < -0.4 is 24.4 Å². The molecule has 174 valence electrons. The first kappa shape index (κ1) is 23.5. The van der Waals surface area contributed by atoms with Crippen molar-refractivity contribution in [3.63, 3.8) is 0 Å². The Labute approximate surface area is 190 Å². The van der Waals surface area contributed by atoms with Crippen LogP contribution in [0.3, 0.4) is 0 Å². The van der Waals surface area contributed by atoms with Crippen molar-refractivity contribution in [2.24, 2.45) is 4.99 Å². The molecule has 1 unspecified atom stereocenters. The van der Waals surface area contributed by atoms with Gasteiger partial charge in [-0.3, -0.25) is 4.99 Å². The third-order valence-corrected chi connectivity index (χ3v) is 5.51. The summed E-state index contributed by atoms with van der Waals surface area (Å²) in [5.41, 5.74) is 1.82. The number of aliphatic hydroxyl groups is 1. The van der Waals surface area contributed by atoms with Gasteiger partial charge < -0.3 is 34.4 Å². The van der Waals surface area contributed by atoms with E-state index in [1.165, 1.54) is 0 Å². The van der Waals surface area contributed by atoms with E-state index < -0.39 is 6.10 Å². The van der Waals surface area contributed by atoms with Crippen molar-refractivity contribution in [1.29, 1.82) is 0 Å². The van der Waals surface area contributed by atoms with Gasteiger partial charge in [0.2, 0.25) is 0 Å². The number of para-hydroxylation sites is 2. The summed E-state index contributed by atoms with van der Waals surface area (Å²) in [5.74, 6) is 2.97. The zero-order chi connectivity index (χ0) is 22.9. The van der Waals surface area contributed by atoms with Gasteiger partial charge in [-0.15, -0.1) is 0 Å². The number of methoxy groups -OCH3 is 3. The van der Waals surface area contributed by atoms with Gasteiger partial charge in [-0.2, -0.15) is 0 Å². The van der Waals surface area contributed by atoms with Crippen molar-refractivity contribution in [3.05, 3.63) is 48.0 Å². The van der Waals surface area contributed by atoms with Gasteiger partial charge in [-0.1, -0.05) is 12.1 Å². The van der Waals surface area contributed by atoms with Crippen molar-refractivity contribution in [2.75, 3.05) is 65.5 Å². The molecule has 0 aliphatic carbocycles. The lowest BCUT2D eigenvalue weighted by Crippen LogP contribution is -2.52. The summed E-state index contributed by atoms with van der Waals surface area (Å²) in [6, 6.07) is 13.5. The molecule has 1 fully saturated rings. The van der Waals surface area contributed by atoms with E-state index in [-0.39, 0.29) is 6.54 Å². The zero-order valence-corrected chi connectivity index (χ0v) is 19.4. The Hall–Kier alpha value is -3.13. The third kappa shape index (κ3) is 5.76. The minimum Gasteiger partial charge on any atom is -0.497 e. The van der Waals surface area contributed by atoms with Crippen LogP contribution in [0.25, 0.3) is 0 Å². The molecule has 8 nitrogen and oxygen atoms in total. The molecule has 0 amide bonds. The lowest BCUT2D eigenvalue weighted by Gasteiger charge is -2.38. The van der Waals surface area contributed by atoms with Gasteiger partial charge in [0.15, 0.2) is 5.96 Å². The maximum absolute atomic E-state index is 10.7. The highest BCUT2D eigenvalue weighted by Crippen LogP contribution is 2.29. The lowest BCUT2D eigenvalue weighted by atomic mass is 10.1. The molecule has 1 aliphatic heterocycles. The minimum atomic E-state index is -0.762. The molecule has 8 heteroatoms. The number of ether oxygens (including phenoxy) is 3. The highest BCUT2D eigenvalue weighted by molar-refractivity contribution is 5.80. The average molecular weight is 443 g/mol. The smallest absolute Gasteiger partial charge is 0.194 e. The molecule has 0 bridgehead atoms. The maximum Gasteiger partial charge on any atom is 0.194 e. The Bertz CT molecular complexity index is 875. The third-order valence-electron chi connectivity index (χ3n) is 5.51. The molecule has 2 aromatic rings. The molecule has 0 spiro atoms. The van der Waals surface area contributed by atoms with E-state index in [0.717, 1.165) is 50.1 Å². The number of aliphatic hydroxyl groups excluding tert-OH is 1. The normalized spacial score (nSPS) is 15.3. The van der Waals surface area contributed by atoms with E-state index in [2.05, 4.69) is 21.2 Å². The molecule has 0 saturated carbocycles. The van der Waals surface area contributed by atoms with Gasteiger partial charge in [0.25, 0.3) is 0 Å². The number of piperazine rings is 1. The molecule has 1 aliphatic rings. The standard InChI is InChI=1S/C24H34N4O4/c1-5-25-24(26-17-22(29)18-14-19(30-2)16-20(15-18)31-3)28-12-10-27(11-13-28)21-8-6-7-9-23(21)32-4/h6-9,14-16,22,29H,5,10-13,17H2,1-4H3,(H,25,26). The van der Waals surface area contributed by atoms with Crippen molar-refractivity contribution < 1.29 is 19.3 Å². The monoisotopic (exact) mass is 442 g/mol. The fraction of sp³-hybridized carbons (Fsp3) is 0.458. The molecule has 2 aromatic carbocycles. The van der Waals surface area contributed by atoms with Crippen LogP contribution in [0.5, 0.6) is 17.2 Å². The molecule has 3 rings (SSSR count). The highest BCUT2D eigenvalue weighted by Gasteiger charge is 2.22. The Morgan fingerprint density at radius 3 is 2.25 bits per heavy atom. The molecular formula is C24H34N4O4. The van der Waals surface area contributed by atoms with Crippen LogP contribution in [0.2, 0.25) is 0 Å². The van der Waals surface area contributed by atoms with Crippen molar-refractivity contribution in [2.45, 2.75) is 13.0 Å². The molecule has 1 atom stereocenters. The van der Waals surface area contributed by atoms with Crippen LogP contribution in [-0.2, 0) is 0 Å². The quantitative estimate of drug-likeness (QED) is 0.480. The van der Waals surface area contributed by atoms with E-state index in [4.69, 9.17) is 19.2 Å². The number of hydrogen-bond acceptors (Lipinski definition) is 6. The summed E-state index contributed by atoms with van der Waals surface area (Å²) in [7, 11) is 4.89. The van der Waals surface area contributed by atoms with Crippen LogP contribution in [0, 0.1) is 0 Å². The predicted molar refractivity (Wildman–Crippen MR) is 127 cm³/mol. The van der Waals surface area contributed by atoms with Crippen LogP contribution in [-0.4, -0.2) is 76.6 Å². The van der Waals surface area contributed by atoms with E-state index in [0.29, 0.717) is 17.1 Å². The van der Waals surface area contributed by atoms with Gasteiger partial charge in [-0.25, -0.2) is 0 Å². The SMILES string of the molecule is CCNC(=NCC(O)c1cc(OC)cc(OC)c1)N1CCN(c2ccccc2OC)CC1. The number of benzene rings is 2. The first-order chi connectivity index (χ1) is 15.6. The zero-order valence-electron chi connectivity index (χ0n) is 19.4.